The molecular formula is C13H12FN5O. The summed E-state index contributed by atoms with van der Waals surface area (Å²) in [5.41, 5.74) is 15.4. The maximum atomic E-state index is 12.9. The SMILES string of the molecule is [N-]=[N+]=NCc1ccc(COc2ccc(F)c(N)n2)cc1. The number of anilines is 1. The highest BCUT2D eigenvalue weighted by Crippen LogP contribution is 2.15. The van der Waals surface area contributed by atoms with Crippen molar-refractivity contribution in [1.29, 1.82) is 0 Å². The molecule has 7 heteroatoms. The summed E-state index contributed by atoms with van der Waals surface area (Å²) in [5, 5.41) is 3.47. The Morgan fingerprint density at radius 1 is 1.20 bits per heavy atom. The third-order valence-electron chi connectivity index (χ3n) is 2.57. The Bertz CT molecular complexity index is 638. The molecule has 0 spiro atoms. The van der Waals surface area contributed by atoms with Crippen molar-refractivity contribution in [3.63, 3.8) is 0 Å². The number of halogens is 1. The molecule has 0 aliphatic rings. The quantitative estimate of drug-likeness (QED) is 0.514. The molecule has 102 valence electrons. The van der Waals surface area contributed by atoms with Crippen molar-refractivity contribution in [2.24, 2.45) is 5.11 Å². The first-order valence-electron chi connectivity index (χ1n) is 5.82. The highest BCUT2D eigenvalue weighted by atomic mass is 19.1. The fraction of sp³-hybridized carbons (Fsp3) is 0.154. The van der Waals surface area contributed by atoms with Crippen LogP contribution in [0.15, 0.2) is 41.5 Å². The summed E-state index contributed by atoms with van der Waals surface area (Å²) in [7, 11) is 0. The van der Waals surface area contributed by atoms with E-state index < -0.39 is 5.82 Å². The lowest BCUT2D eigenvalue weighted by Gasteiger charge is -2.06. The minimum absolute atomic E-state index is 0.188. The molecule has 0 bridgehead atoms. The van der Waals surface area contributed by atoms with Gasteiger partial charge in [0.05, 0.1) is 6.54 Å². The highest BCUT2D eigenvalue weighted by Gasteiger charge is 2.03. The van der Waals surface area contributed by atoms with Crippen molar-refractivity contribution in [3.05, 3.63) is 63.8 Å². The summed E-state index contributed by atoms with van der Waals surface area (Å²) < 4.78 is 18.3. The molecule has 20 heavy (non-hydrogen) atoms. The van der Waals surface area contributed by atoms with E-state index in [9.17, 15) is 4.39 Å². The number of nitrogens with two attached hydrogens (primary N) is 1. The van der Waals surface area contributed by atoms with E-state index in [4.69, 9.17) is 16.0 Å². The number of azide groups is 1. The predicted octanol–water partition coefficient (Wildman–Crippen LogP) is 3.19. The Balaban J connectivity index is 1.96. The minimum Gasteiger partial charge on any atom is -0.473 e. The lowest BCUT2D eigenvalue weighted by atomic mass is 10.1. The van der Waals surface area contributed by atoms with Gasteiger partial charge in [-0.1, -0.05) is 29.4 Å². The van der Waals surface area contributed by atoms with E-state index in [1.807, 2.05) is 24.3 Å². The third-order valence-corrected chi connectivity index (χ3v) is 2.57. The molecule has 0 aliphatic heterocycles. The molecule has 2 rings (SSSR count). The number of hydrogen-bond donors (Lipinski definition) is 1. The Labute approximate surface area is 114 Å². The van der Waals surface area contributed by atoms with Gasteiger partial charge in [-0.3, -0.25) is 0 Å². The maximum absolute atomic E-state index is 12.9. The smallest absolute Gasteiger partial charge is 0.215 e. The molecule has 0 radical (unpaired) electrons. The van der Waals surface area contributed by atoms with E-state index in [0.717, 1.165) is 11.1 Å². The zero-order valence-corrected chi connectivity index (χ0v) is 10.5. The average Bonchev–Trinajstić information content (AvgIpc) is 2.47. The fourth-order valence-electron chi connectivity index (χ4n) is 1.53. The first-order chi connectivity index (χ1) is 9.69. The maximum Gasteiger partial charge on any atom is 0.215 e. The first-order valence-corrected chi connectivity index (χ1v) is 5.82. The van der Waals surface area contributed by atoms with E-state index >= 15 is 0 Å². The van der Waals surface area contributed by atoms with Crippen molar-refractivity contribution in [2.45, 2.75) is 13.2 Å². The molecule has 0 atom stereocenters. The van der Waals surface area contributed by atoms with Crippen LogP contribution in [0, 0.1) is 5.82 Å². The molecule has 0 saturated heterocycles. The van der Waals surface area contributed by atoms with Gasteiger partial charge in [0.25, 0.3) is 0 Å². The van der Waals surface area contributed by atoms with Crippen LogP contribution < -0.4 is 10.5 Å². The van der Waals surface area contributed by atoms with Crippen LogP contribution >= 0.6 is 0 Å². The van der Waals surface area contributed by atoms with Gasteiger partial charge >= 0.3 is 0 Å². The average molecular weight is 273 g/mol. The fourth-order valence-corrected chi connectivity index (χ4v) is 1.53. The summed E-state index contributed by atoms with van der Waals surface area (Å²) in [5.74, 6) is -0.492. The van der Waals surface area contributed by atoms with E-state index in [1.165, 1.54) is 12.1 Å². The van der Waals surface area contributed by atoms with Crippen LogP contribution in [0.25, 0.3) is 10.4 Å². The van der Waals surface area contributed by atoms with Crippen molar-refractivity contribution < 1.29 is 9.13 Å². The van der Waals surface area contributed by atoms with Crippen LogP contribution in [0.1, 0.15) is 11.1 Å². The number of nitrogen functional groups attached to an aromatic ring is 1. The predicted molar refractivity (Wildman–Crippen MR) is 72.2 cm³/mol. The minimum atomic E-state index is -0.570. The summed E-state index contributed by atoms with van der Waals surface area (Å²) in [6.45, 7) is 0.605. The largest absolute Gasteiger partial charge is 0.473 e. The first kappa shape index (κ1) is 13.6. The Kier molecular flexibility index (Phi) is 4.36. The number of ether oxygens (including phenoxy) is 1. The van der Waals surface area contributed by atoms with Gasteiger partial charge in [-0.05, 0) is 22.7 Å². The number of rotatable bonds is 5. The van der Waals surface area contributed by atoms with Crippen molar-refractivity contribution in [2.75, 3.05) is 5.73 Å². The monoisotopic (exact) mass is 273 g/mol. The van der Waals surface area contributed by atoms with Gasteiger partial charge < -0.3 is 10.5 Å². The van der Waals surface area contributed by atoms with Gasteiger partial charge in [-0.25, -0.2) is 4.39 Å². The molecular weight excluding hydrogens is 261 g/mol. The number of nitrogens with zero attached hydrogens (tertiary/aromatic N) is 4. The Hall–Kier alpha value is -2.79. The topological polar surface area (TPSA) is 96.9 Å². The van der Waals surface area contributed by atoms with E-state index in [2.05, 4.69) is 15.0 Å². The summed E-state index contributed by atoms with van der Waals surface area (Å²) >= 11 is 0. The molecule has 0 fully saturated rings. The summed E-state index contributed by atoms with van der Waals surface area (Å²) in [4.78, 5) is 6.47. The highest BCUT2D eigenvalue weighted by molar-refractivity contribution is 5.33. The second-order valence-electron chi connectivity index (χ2n) is 4.01. The molecule has 0 aliphatic carbocycles. The van der Waals surface area contributed by atoms with Crippen molar-refractivity contribution in [1.82, 2.24) is 4.98 Å². The van der Waals surface area contributed by atoms with Gasteiger partial charge in [-0.15, -0.1) is 0 Å². The van der Waals surface area contributed by atoms with Gasteiger partial charge in [0, 0.05) is 11.0 Å². The van der Waals surface area contributed by atoms with E-state index in [-0.39, 0.29) is 11.7 Å². The molecule has 0 unspecified atom stereocenters. The van der Waals surface area contributed by atoms with Crippen LogP contribution in [0.3, 0.4) is 0 Å². The van der Waals surface area contributed by atoms with Crippen LogP contribution in [-0.4, -0.2) is 4.98 Å². The number of hydrogen-bond acceptors (Lipinski definition) is 4. The zero-order valence-electron chi connectivity index (χ0n) is 10.5. The van der Waals surface area contributed by atoms with E-state index in [1.54, 1.807) is 0 Å². The Morgan fingerprint density at radius 2 is 1.90 bits per heavy atom. The number of benzene rings is 1. The summed E-state index contributed by atoms with van der Waals surface area (Å²) in [6.07, 6.45) is 0. The molecule has 1 aromatic heterocycles. The Morgan fingerprint density at radius 3 is 2.55 bits per heavy atom. The van der Waals surface area contributed by atoms with Crippen molar-refractivity contribution in [3.8, 4) is 5.88 Å². The zero-order chi connectivity index (χ0) is 14.4. The molecule has 2 aromatic rings. The van der Waals surface area contributed by atoms with E-state index in [0.29, 0.717) is 13.2 Å². The second-order valence-corrected chi connectivity index (χ2v) is 4.01. The van der Waals surface area contributed by atoms with Crippen LogP contribution in [0.4, 0.5) is 10.2 Å². The molecule has 6 nitrogen and oxygen atoms in total. The van der Waals surface area contributed by atoms with Crippen molar-refractivity contribution >= 4 is 5.82 Å². The van der Waals surface area contributed by atoms with Crippen LogP contribution in [0.5, 0.6) is 5.88 Å². The van der Waals surface area contributed by atoms with Gasteiger partial charge in [-0.2, -0.15) is 4.98 Å². The molecule has 0 saturated carbocycles. The molecule has 2 N–H and O–H groups in total. The standard InChI is InChI=1S/C13H12FN5O/c14-11-5-6-12(18-13(11)15)20-8-10-3-1-9(2-4-10)7-17-19-16/h1-6H,7-8H2,(H2,15,18). The summed E-state index contributed by atoms with van der Waals surface area (Å²) in [6, 6.07) is 10.0. The molecule has 1 aromatic carbocycles. The third kappa shape index (κ3) is 3.60. The molecule has 0 amide bonds. The van der Waals surface area contributed by atoms with Gasteiger partial charge in [0.1, 0.15) is 6.61 Å². The number of aromatic nitrogens is 1. The van der Waals surface area contributed by atoms with Crippen LogP contribution in [-0.2, 0) is 13.2 Å². The second kappa shape index (κ2) is 6.40. The lowest BCUT2D eigenvalue weighted by Crippen LogP contribution is -2.01. The van der Waals surface area contributed by atoms with Gasteiger partial charge in [0.15, 0.2) is 11.6 Å². The van der Waals surface area contributed by atoms with Gasteiger partial charge in [0.2, 0.25) is 5.88 Å². The normalized spacial score (nSPS) is 9.85. The van der Waals surface area contributed by atoms with Crippen LogP contribution in [0.2, 0.25) is 0 Å². The lowest BCUT2D eigenvalue weighted by molar-refractivity contribution is 0.293. The number of pyridine rings is 1. The molecule has 1 heterocycles.